The number of aryl methyl sites for hydroxylation is 2. The quantitative estimate of drug-likeness (QED) is 0.825. The smallest absolute Gasteiger partial charge is 0.310 e. The first-order valence-electron chi connectivity index (χ1n) is 5.60. The van der Waals surface area contributed by atoms with E-state index in [0.717, 1.165) is 18.4 Å². The van der Waals surface area contributed by atoms with Crippen LogP contribution < -0.4 is 0 Å². The molecule has 84 valence electrons. The minimum absolute atomic E-state index is 0.367. The minimum atomic E-state index is -0.734. The van der Waals surface area contributed by atoms with Gasteiger partial charge in [0.2, 0.25) is 0 Å². The van der Waals surface area contributed by atoms with Crippen molar-refractivity contribution in [2.45, 2.75) is 26.7 Å². The lowest BCUT2D eigenvalue weighted by atomic mass is 9.86. The molecule has 1 unspecified atom stereocenters. The van der Waals surface area contributed by atoms with E-state index < -0.39 is 5.97 Å². The lowest BCUT2D eigenvalue weighted by Gasteiger charge is -2.19. The van der Waals surface area contributed by atoms with Crippen molar-refractivity contribution in [2.24, 2.45) is 5.92 Å². The largest absolute Gasteiger partial charge is 0.481 e. The molecule has 2 heteroatoms. The molecule has 0 saturated heterocycles. The van der Waals surface area contributed by atoms with Gasteiger partial charge in [-0.2, -0.15) is 0 Å². The minimum Gasteiger partial charge on any atom is -0.481 e. The van der Waals surface area contributed by atoms with Gasteiger partial charge >= 0.3 is 5.97 Å². The molecular weight excluding hydrogens is 200 g/mol. The molecule has 0 aromatic heterocycles. The molecule has 0 saturated carbocycles. The SMILES string of the molecule is Cc1ccc2c(c1)C=C(C(C)C(=O)O)CC2. The average molecular weight is 216 g/mol. The van der Waals surface area contributed by atoms with E-state index in [4.69, 9.17) is 5.11 Å². The molecule has 1 N–H and O–H groups in total. The second kappa shape index (κ2) is 4.12. The van der Waals surface area contributed by atoms with E-state index >= 15 is 0 Å². The summed E-state index contributed by atoms with van der Waals surface area (Å²) in [5.74, 6) is -1.10. The summed E-state index contributed by atoms with van der Waals surface area (Å²) in [5, 5.41) is 9.00. The highest BCUT2D eigenvalue weighted by Gasteiger charge is 2.20. The molecule has 0 spiro atoms. The third kappa shape index (κ3) is 2.01. The summed E-state index contributed by atoms with van der Waals surface area (Å²) in [6, 6.07) is 6.38. The van der Waals surface area contributed by atoms with Crippen molar-refractivity contribution in [3.8, 4) is 0 Å². The van der Waals surface area contributed by atoms with E-state index in [1.807, 2.05) is 6.08 Å². The van der Waals surface area contributed by atoms with Crippen molar-refractivity contribution < 1.29 is 9.90 Å². The van der Waals surface area contributed by atoms with Gasteiger partial charge in [0.25, 0.3) is 0 Å². The third-order valence-electron chi connectivity index (χ3n) is 3.25. The lowest BCUT2D eigenvalue weighted by molar-refractivity contribution is -0.139. The number of rotatable bonds is 2. The van der Waals surface area contributed by atoms with Crippen LogP contribution in [0.4, 0.5) is 0 Å². The first kappa shape index (κ1) is 10.9. The maximum absolute atomic E-state index is 10.9. The zero-order valence-corrected chi connectivity index (χ0v) is 9.66. The molecular formula is C14H16O2. The fraction of sp³-hybridized carbons (Fsp3) is 0.357. The first-order chi connectivity index (χ1) is 7.58. The first-order valence-corrected chi connectivity index (χ1v) is 5.60. The van der Waals surface area contributed by atoms with Crippen molar-refractivity contribution in [3.05, 3.63) is 40.5 Å². The molecule has 1 aliphatic rings. The van der Waals surface area contributed by atoms with Gasteiger partial charge in [-0.3, -0.25) is 4.79 Å². The van der Waals surface area contributed by atoms with E-state index in [0.29, 0.717) is 0 Å². The number of carboxylic acid groups (broad SMARTS) is 1. The van der Waals surface area contributed by atoms with E-state index in [9.17, 15) is 4.79 Å². The van der Waals surface area contributed by atoms with Crippen LogP contribution in [0, 0.1) is 12.8 Å². The van der Waals surface area contributed by atoms with Crippen LogP contribution in [0.15, 0.2) is 23.8 Å². The monoisotopic (exact) mass is 216 g/mol. The van der Waals surface area contributed by atoms with Gasteiger partial charge in [0.05, 0.1) is 5.92 Å². The van der Waals surface area contributed by atoms with Crippen LogP contribution in [0.5, 0.6) is 0 Å². The molecule has 2 nitrogen and oxygen atoms in total. The third-order valence-corrected chi connectivity index (χ3v) is 3.25. The lowest BCUT2D eigenvalue weighted by Crippen LogP contribution is -2.15. The number of fused-ring (bicyclic) bond motifs is 1. The highest BCUT2D eigenvalue weighted by molar-refractivity contribution is 5.76. The summed E-state index contributed by atoms with van der Waals surface area (Å²) in [7, 11) is 0. The zero-order valence-electron chi connectivity index (χ0n) is 9.66. The summed E-state index contributed by atoms with van der Waals surface area (Å²) in [6.07, 6.45) is 3.87. The summed E-state index contributed by atoms with van der Waals surface area (Å²) in [4.78, 5) is 10.9. The number of carbonyl (C=O) groups is 1. The Morgan fingerprint density at radius 2 is 2.12 bits per heavy atom. The Balaban J connectivity index is 2.37. The predicted molar refractivity (Wildman–Crippen MR) is 64.3 cm³/mol. The van der Waals surface area contributed by atoms with Gasteiger partial charge < -0.3 is 5.11 Å². The molecule has 0 amide bonds. The number of carboxylic acids is 1. The maximum Gasteiger partial charge on any atom is 0.310 e. The molecule has 0 bridgehead atoms. The Morgan fingerprint density at radius 1 is 1.38 bits per heavy atom. The van der Waals surface area contributed by atoms with E-state index in [1.165, 1.54) is 16.7 Å². The summed E-state index contributed by atoms with van der Waals surface area (Å²) < 4.78 is 0. The van der Waals surface area contributed by atoms with Gasteiger partial charge in [0.1, 0.15) is 0 Å². The molecule has 0 aliphatic heterocycles. The van der Waals surface area contributed by atoms with Gasteiger partial charge in [-0.05, 0) is 37.8 Å². The summed E-state index contributed by atoms with van der Waals surface area (Å²) >= 11 is 0. The van der Waals surface area contributed by atoms with Crippen LogP contribution in [-0.4, -0.2) is 11.1 Å². The molecule has 0 radical (unpaired) electrons. The Labute approximate surface area is 95.6 Å². The zero-order chi connectivity index (χ0) is 11.7. The molecule has 1 aliphatic carbocycles. The van der Waals surface area contributed by atoms with Crippen LogP contribution in [0.25, 0.3) is 6.08 Å². The van der Waals surface area contributed by atoms with Gasteiger partial charge in [-0.1, -0.05) is 35.4 Å². The Morgan fingerprint density at radius 3 is 2.81 bits per heavy atom. The van der Waals surface area contributed by atoms with Crippen LogP contribution in [0.2, 0.25) is 0 Å². The van der Waals surface area contributed by atoms with Crippen molar-refractivity contribution in [2.75, 3.05) is 0 Å². The Kier molecular flexibility index (Phi) is 2.82. The number of hydrogen-bond acceptors (Lipinski definition) is 1. The van der Waals surface area contributed by atoms with Crippen LogP contribution >= 0.6 is 0 Å². The van der Waals surface area contributed by atoms with E-state index in [1.54, 1.807) is 6.92 Å². The average Bonchev–Trinajstić information content (AvgIpc) is 2.26. The van der Waals surface area contributed by atoms with Crippen molar-refractivity contribution in [3.63, 3.8) is 0 Å². The van der Waals surface area contributed by atoms with Crippen molar-refractivity contribution in [1.29, 1.82) is 0 Å². The van der Waals surface area contributed by atoms with Crippen molar-refractivity contribution >= 4 is 12.0 Å². The molecule has 1 aromatic carbocycles. The maximum atomic E-state index is 10.9. The summed E-state index contributed by atoms with van der Waals surface area (Å²) in [5.41, 5.74) is 4.77. The van der Waals surface area contributed by atoms with Gasteiger partial charge in [-0.15, -0.1) is 0 Å². The Hall–Kier alpha value is -1.57. The van der Waals surface area contributed by atoms with Crippen molar-refractivity contribution in [1.82, 2.24) is 0 Å². The van der Waals surface area contributed by atoms with Gasteiger partial charge in [0, 0.05) is 0 Å². The van der Waals surface area contributed by atoms with Crippen LogP contribution in [-0.2, 0) is 11.2 Å². The number of benzene rings is 1. The highest BCUT2D eigenvalue weighted by atomic mass is 16.4. The molecule has 1 aromatic rings. The highest BCUT2D eigenvalue weighted by Crippen LogP contribution is 2.28. The normalized spacial score (nSPS) is 16.2. The van der Waals surface area contributed by atoms with Gasteiger partial charge in [-0.25, -0.2) is 0 Å². The summed E-state index contributed by atoms with van der Waals surface area (Å²) in [6.45, 7) is 3.82. The predicted octanol–water partition coefficient (Wildman–Crippen LogP) is 3.05. The Bertz CT molecular complexity index is 458. The molecule has 16 heavy (non-hydrogen) atoms. The van der Waals surface area contributed by atoms with Crippen LogP contribution in [0.1, 0.15) is 30.0 Å². The number of aliphatic carboxylic acids is 1. The molecule has 0 fully saturated rings. The standard InChI is InChI=1S/C14H16O2/c1-9-3-4-11-5-6-12(8-13(11)7-9)10(2)14(15)16/h3-4,7-8,10H,5-6H2,1-2H3,(H,15,16). The molecule has 1 atom stereocenters. The molecule has 2 rings (SSSR count). The van der Waals surface area contributed by atoms with Crippen LogP contribution in [0.3, 0.4) is 0 Å². The topological polar surface area (TPSA) is 37.3 Å². The number of hydrogen-bond donors (Lipinski definition) is 1. The van der Waals surface area contributed by atoms with E-state index in [-0.39, 0.29) is 5.92 Å². The van der Waals surface area contributed by atoms with Gasteiger partial charge in [0.15, 0.2) is 0 Å². The fourth-order valence-corrected chi connectivity index (χ4v) is 2.13. The second-order valence-electron chi connectivity index (χ2n) is 4.48. The second-order valence-corrected chi connectivity index (χ2v) is 4.48. The molecule has 0 heterocycles. The van der Waals surface area contributed by atoms with E-state index in [2.05, 4.69) is 25.1 Å². The fourth-order valence-electron chi connectivity index (χ4n) is 2.13.